The van der Waals surface area contributed by atoms with Crippen molar-refractivity contribution in [3.63, 3.8) is 0 Å². The van der Waals surface area contributed by atoms with Crippen LogP contribution in [-0.2, 0) is 20.9 Å². The van der Waals surface area contributed by atoms with E-state index >= 15 is 0 Å². The van der Waals surface area contributed by atoms with Crippen LogP contribution >= 0.6 is 0 Å². The van der Waals surface area contributed by atoms with Crippen LogP contribution in [0.5, 0.6) is 5.75 Å². The Labute approximate surface area is 336 Å². The fourth-order valence-electron chi connectivity index (χ4n) is 10.3. The molecule has 3 fully saturated rings. The fourth-order valence-corrected chi connectivity index (χ4v) is 10.3. The van der Waals surface area contributed by atoms with Gasteiger partial charge in [0.25, 0.3) is 0 Å². The van der Waals surface area contributed by atoms with E-state index in [0.717, 1.165) is 68.3 Å². The molecule has 1 aliphatic carbocycles. The molecule has 0 radical (unpaired) electrons. The molecule has 4 N–H and O–H groups in total. The van der Waals surface area contributed by atoms with Gasteiger partial charge in [0.15, 0.2) is 0 Å². The van der Waals surface area contributed by atoms with E-state index in [9.17, 15) is 19.5 Å². The van der Waals surface area contributed by atoms with Crippen LogP contribution in [0, 0.1) is 23.2 Å². The molecule has 304 valence electrons. The summed E-state index contributed by atoms with van der Waals surface area (Å²) in [4.78, 5) is 59.1. The Morgan fingerprint density at radius 1 is 1.03 bits per heavy atom. The standard InChI is InChI=1S/C44H51N7O7/c1-22(2)36(49-41(53)57-7)40(52)50-19-23(20-56-6)12-33(50)38-45-18-32(47-38)25-8-10-28-26(13-25)21-58-35-16-29-24(14-30(28)35)9-11-31-37(29)48-39(46-31)34-15-27-17-44(27,43(3,4)5)51(34)42(54)55/h8-11,13-14,16,18,22-23,27,33-34,36H,12,15,17,19-21H2,1-7H3,(H,45,47)(H,46,48)(H,49,53)(H,54,55)/t23?,27-,33+,34+,36+,44-/m1/s1. The number of hydrogen-bond donors (Lipinski definition) is 4. The second kappa shape index (κ2) is 13.7. The van der Waals surface area contributed by atoms with Crippen LogP contribution in [0.15, 0.2) is 48.7 Å². The summed E-state index contributed by atoms with van der Waals surface area (Å²) in [6.45, 7) is 11.6. The predicted octanol–water partition coefficient (Wildman–Crippen LogP) is 7.81. The lowest BCUT2D eigenvalue weighted by atomic mass is 9.82. The number of imidazole rings is 2. The third-order valence-corrected chi connectivity index (χ3v) is 13.2. The number of aromatic amines is 2. The van der Waals surface area contributed by atoms with Crippen LogP contribution in [0.3, 0.4) is 0 Å². The monoisotopic (exact) mass is 789 g/mol. The lowest BCUT2D eigenvalue weighted by Crippen LogP contribution is -2.51. The number of nitrogens with zero attached hydrogens (tertiary/aromatic N) is 4. The molecular weight excluding hydrogens is 739 g/mol. The maximum absolute atomic E-state index is 13.9. The predicted molar refractivity (Wildman–Crippen MR) is 217 cm³/mol. The van der Waals surface area contributed by atoms with Crippen molar-refractivity contribution in [2.45, 2.75) is 84.2 Å². The van der Waals surface area contributed by atoms with Crippen molar-refractivity contribution in [2.24, 2.45) is 23.2 Å². The number of H-pyrrole nitrogens is 2. The Balaban J connectivity index is 0.987. The van der Waals surface area contributed by atoms with E-state index in [4.69, 9.17) is 24.2 Å². The number of likely N-dealkylation sites (tertiary alicyclic amines) is 2. The molecule has 0 bridgehead atoms. The van der Waals surface area contributed by atoms with Gasteiger partial charge < -0.3 is 39.5 Å². The number of aromatic nitrogens is 4. The number of methoxy groups -OCH3 is 2. The van der Waals surface area contributed by atoms with E-state index in [1.807, 2.05) is 19.9 Å². The Morgan fingerprint density at radius 3 is 2.57 bits per heavy atom. The Morgan fingerprint density at radius 2 is 1.84 bits per heavy atom. The van der Waals surface area contributed by atoms with E-state index in [2.05, 4.69) is 72.5 Å². The summed E-state index contributed by atoms with van der Waals surface area (Å²) in [6, 6.07) is 13.2. The van der Waals surface area contributed by atoms with Crippen LogP contribution in [0.1, 0.15) is 83.2 Å². The first-order valence-electron chi connectivity index (χ1n) is 20.2. The van der Waals surface area contributed by atoms with Gasteiger partial charge in [-0.3, -0.25) is 9.69 Å². The highest BCUT2D eigenvalue weighted by atomic mass is 16.5. The molecule has 58 heavy (non-hydrogen) atoms. The second-order valence-corrected chi connectivity index (χ2v) is 17.9. The average molecular weight is 790 g/mol. The number of rotatable bonds is 8. The largest absolute Gasteiger partial charge is 0.488 e. The number of nitrogens with one attached hydrogen (secondary N) is 3. The molecule has 3 aromatic carbocycles. The van der Waals surface area contributed by atoms with Crippen LogP contribution in [0.4, 0.5) is 9.59 Å². The average Bonchev–Trinajstić information content (AvgIpc) is 3.69. The van der Waals surface area contributed by atoms with Crippen molar-refractivity contribution < 1.29 is 33.7 Å². The number of piperidine rings is 1. The van der Waals surface area contributed by atoms with Crippen molar-refractivity contribution in [1.82, 2.24) is 35.1 Å². The fraction of sp³-hybridized carbons (Fsp3) is 0.477. The molecule has 14 nitrogen and oxygen atoms in total. The van der Waals surface area contributed by atoms with E-state index in [0.29, 0.717) is 43.7 Å². The number of amides is 3. The van der Waals surface area contributed by atoms with Crippen LogP contribution in [-0.4, -0.2) is 91.9 Å². The molecule has 6 atom stereocenters. The number of ether oxygens (including phenoxy) is 3. The van der Waals surface area contributed by atoms with Gasteiger partial charge in [-0.1, -0.05) is 52.8 Å². The molecule has 5 heterocycles. The van der Waals surface area contributed by atoms with Crippen LogP contribution in [0.25, 0.3) is 44.2 Å². The Hall–Kier alpha value is -5.63. The van der Waals surface area contributed by atoms with Gasteiger partial charge in [0, 0.05) is 30.5 Å². The van der Waals surface area contributed by atoms with Crippen LogP contribution in [0.2, 0.25) is 0 Å². The molecule has 2 saturated heterocycles. The van der Waals surface area contributed by atoms with Crippen molar-refractivity contribution in [1.29, 1.82) is 0 Å². The first-order chi connectivity index (χ1) is 27.7. The summed E-state index contributed by atoms with van der Waals surface area (Å²) in [7, 11) is 2.95. The quantitative estimate of drug-likeness (QED) is 0.122. The number of alkyl carbamates (subject to hydrolysis) is 1. The lowest BCUT2D eigenvalue weighted by Gasteiger charge is -2.39. The van der Waals surface area contributed by atoms with E-state index < -0.39 is 18.2 Å². The molecule has 14 heteroatoms. The minimum atomic E-state index is -0.892. The van der Waals surface area contributed by atoms with E-state index in [1.165, 1.54) is 7.11 Å². The zero-order chi connectivity index (χ0) is 40.8. The number of carbonyl (C=O) groups is 3. The van der Waals surface area contributed by atoms with E-state index in [1.54, 1.807) is 23.1 Å². The van der Waals surface area contributed by atoms with Crippen molar-refractivity contribution >= 4 is 39.9 Å². The minimum Gasteiger partial charge on any atom is -0.488 e. The Bertz CT molecular complexity index is 2470. The van der Waals surface area contributed by atoms with Gasteiger partial charge in [-0.05, 0) is 82.9 Å². The number of carbonyl (C=O) groups excluding carboxylic acids is 2. The van der Waals surface area contributed by atoms with Crippen molar-refractivity contribution in [3.05, 3.63) is 65.9 Å². The topological polar surface area (TPSA) is 175 Å². The smallest absolute Gasteiger partial charge is 0.408 e. The summed E-state index contributed by atoms with van der Waals surface area (Å²) >= 11 is 0. The molecule has 1 saturated carbocycles. The third-order valence-electron chi connectivity index (χ3n) is 13.2. The SMILES string of the molecule is COCC1C[C@@H](c2ncc(-c3ccc4c(c3)COc3cc5c(ccc6[nH]c([C@@H]7C[C@@H]8C[C@@]8(C(C)(C)C)N7C(=O)O)nc65)cc3-4)[nH]2)N(C(=O)[C@@H](NC(=O)OC)C(C)C)C1. The normalized spacial score (nSPS) is 24.1. The number of hydrogen-bond acceptors (Lipinski definition) is 8. The maximum Gasteiger partial charge on any atom is 0.408 e. The highest BCUT2D eigenvalue weighted by Gasteiger charge is 2.72. The van der Waals surface area contributed by atoms with Gasteiger partial charge in [0.2, 0.25) is 5.91 Å². The number of carboxylic acid groups (broad SMARTS) is 1. The van der Waals surface area contributed by atoms with Gasteiger partial charge in [-0.2, -0.15) is 0 Å². The van der Waals surface area contributed by atoms with Gasteiger partial charge in [0.1, 0.15) is 30.0 Å². The Kier molecular flexibility index (Phi) is 8.99. The number of fused-ring (bicyclic) bond motifs is 7. The maximum atomic E-state index is 13.9. The van der Waals surface area contributed by atoms with Gasteiger partial charge in [-0.25, -0.2) is 19.6 Å². The second-order valence-electron chi connectivity index (χ2n) is 17.9. The minimum absolute atomic E-state index is 0.114. The molecular formula is C44H51N7O7. The zero-order valence-corrected chi connectivity index (χ0v) is 34.0. The van der Waals surface area contributed by atoms with E-state index in [-0.39, 0.29) is 40.8 Å². The highest BCUT2D eigenvalue weighted by Crippen LogP contribution is 2.68. The molecule has 3 amide bonds. The van der Waals surface area contributed by atoms with Crippen molar-refractivity contribution in [3.8, 4) is 28.1 Å². The summed E-state index contributed by atoms with van der Waals surface area (Å²) in [5, 5.41) is 15.1. The molecule has 4 aliphatic rings. The molecule has 3 aliphatic heterocycles. The van der Waals surface area contributed by atoms with Crippen molar-refractivity contribution in [2.75, 3.05) is 27.4 Å². The summed E-state index contributed by atoms with van der Waals surface area (Å²) in [6.07, 6.45) is 2.60. The lowest BCUT2D eigenvalue weighted by molar-refractivity contribution is -0.135. The highest BCUT2D eigenvalue weighted by molar-refractivity contribution is 6.07. The molecule has 0 spiro atoms. The van der Waals surface area contributed by atoms with Crippen LogP contribution < -0.4 is 10.1 Å². The summed E-state index contributed by atoms with van der Waals surface area (Å²) in [5.74, 6) is 2.25. The summed E-state index contributed by atoms with van der Waals surface area (Å²) < 4.78 is 16.7. The van der Waals surface area contributed by atoms with Gasteiger partial charge in [0.05, 0.1) is 54.3 Å². The molecule has 1 unspecified atom stereocenters. The third kappa shape index (κ3) is 5.97. The summed E-state index contributed by atoms with van der Waals surface area (Å²) in [5.41, 5.74) is 6.02. The number of benzene rings is 3. The zero-order valence-electron chi connectivity index (χ0n) is 34.0. The van der Waals surface area contributed by atoms with Gasteiger partial charge >= 0.3 is 12.2 Å². The first-order valence-corrected chi connectivity index (χ1v) is 20.2. The first kappa shape index (κ1) is 37.9. The molecule has 5 aromatic rings. The molecule has 2 aromatic heterocycles. The van der Waals surface area contributed by atoms with Gasteiger partial charge in [-0.15, -0.1) is 0 Å². The molecule has 9 rings (SSSR count).